The average molecular weight is 731 g/mol. The summed E-state index contributed by atoms with van der Waals surface area (Å²) in [7, 11) is 0. The third-order valence-electron chi connectivity index (χ3n) is 12.6. The molecule has 0 saturated heterocycles. The topological polar surface area (TPSA) is 0 Å². The van der Waals surface area contributed by atoms with Crippen LogP contribution in [0.5, 0.6) is 0 Å². The molecular weight excluding hydrogens is 625 g/mol. The molecule has 0 fully saturated rings. The molecule has 0 heterocycles. The summed E-state index contributed by atoms with van der Waals surface area (Å²) in [6.45, 7) is 9.37. The van der Waals surface area contributed by atoms with E-state index in [0.29, 0.717) is 0 Å². The molecule has 0 amide bonds. The zero-order valence-corrected chi connectivity index (χ0v) is 37.7. The van der Waals surface area contributed by atoms with Crippen molar-refractivity contribution in [2.75, 3.05) is 0 Å². The van der Waals surface area contributed by atoms with Crippen molar-refractivity contribution in [3.8, 4) is 0 Å². The van der Waals surface area contributed by atoms with Crippen molar-refractivity contribution < 1.29 is 0 Å². The lowest BCUT2D eigenvalue weighted by Crippen LogP contribution is -2.01. The third kappa shape index (κ3) is 46.2. The van der Waals surface area contributed by atoms with Gasteiger partial charge in [-0.25, -0.2) is 0 Å². The van der Waals surface area contributed by atoms with E-state index in [0.717, 1.165) is 11.8 Å². The van der Waals surface area contributed by atoms with Gasteiger partial charge in [-0.15, -0.1) is 0 Å². The monoisotopic (exact) mass is 731 g/mol. The first-order valence-corrected chi connectivity index (χ1v) is 25.7. The van der Waals surface area contributed by atoms with E-state index >= 15 is 0 Å². The van der Waals surface area contributed by atoms with Crippen LogP contribution in [0, 0.1) is 11.8 Å². The van der Waals surface area contributed by atoms with Crippen LogP contribution in [0.1, 0.15) is 323 Å². The van der Waals surface area contributed by atoms with Gasteiger partial charge in [-0.3, -0.25) is 0 Å². The standard InChI is InChI=1S/C52H106/c1-5-7-9-11-13-15-17-19-21-25-29-33-37-41-45-49-52(48-44-40-36-32-28-24-20-18-16-14-12-10-8-6-2)50-46-42-38-34-30-26-22-23-27-31-35-39-43-47-51(3)4/h51-52H,5-50H2,1-4H3. The normalized spacial score (nSPS) is 12.4. The molecular formula is C52H106. The zero-order valence-electron chi connectivity index (χ0n) is 37.7. The molecule has 1 unspecified atom stereocenters. The fraction of sp³-hybridized carbons (Fsp3) is 1.00. The first kappa shape index (κ1) is 52.0. The Bertz CT molecular complexity index is 591. The molecule has 0 spiro atoms. The molecule has 0 aliphatic heterocycles. The van der Waals surface area contributed by atoms with Gasteiger partial charge in [0.05, 0.1) is 0 Å². The van der Waals surface area contributed by atoms with Crippen LogP contribution in [0.3, 0.4) is 0 Å². The maximum absolute atomic E-state index is 2.36. The lowest BCUT2D eigenvalue weighted by molar-refractivity contribution is 0.365. The minimum absolute atomic E-state index is 0.892. The maximum Gasteiger partial charge on any atom is -0.0414 e. The fourth-order valence-electron chi connectivity index (χ4n) is 8.80. The first-order chi connectivity index (χ1) is 25.7. The highest BCUT2D eigenvalue weighted by Crippen LogP contribution is 2.25. The summed E-state index contributed by atoms with van der Waals surface area (Å²) in [4.78, 5) is 0. The third-order valence-corrected chi connectivity index (χ3v) is 12.6. The predicted octanol–water partition coefficient (Wildman–Crippen LogP) is 20.2. The molecule has 0 radical (unpaired) electrons. The molecule has 0 bridgehead atoms. The molecule has 0 aliphatic carbocycles. The summed E-state index contributed by atoms with van der Waals surface area (Å²) >= 11 is 0. The van der Waals surface area contributed by atoms with Gasteiger partial charge < -0.3 is 0 Å². The zero-order chi connectivity index (χ0) is 37.7. The average Bonchev–Trinajstić information content (AvgIpc) is 3.14. The second kappa shape index (κ2) is 47.2. The second-order valence-electron chi connectivity index (χ2n) is 18.6. The number of unbranched alkanes of at least 4 members (excludes halogenated alkanes) is 39. The Morgan fingerprint density at radius 1 is 0.192 bits per heavy atom. The fourth-order valence-corrected chi connectivity index (χ4v) is 8.80. The molecule has 0 nitrogen and oxygen atoms in total. The van der Waals surface area contributed by atoms with Crippen molar-refractivity contribution in [2.24, 2.45) is 11.8 Å². The van der Waals surface area contributed by atoms with E-state index < -0.39 is 0 Å². The SMILES string of the molecule is CCCCCCCCCCCCCCCCCC(CCCCCCCCCCCCCCCC)CCCCCCCCCCCCCCCC(C)C. The van der Waals surface area contributed by atoms with Crippen LogP contribution in [-0.2, 0) is 0 Å². The van der Waals surface area contributed by atoms with E-state index in [-0.39, 0.29) is 0 Å². The van der Waals surface area contributed by atoms with Gasteiger partial charge in [0.15, 0.2) is 0 Å². The Kier molecular flexibility index (Phi) is 47.2. The number of hydrogen-bond donors (Lipinski definition) is 0. The van der Waals surface area contributed by atoms with Crippen molar-refractivity contribution in [1.29, 1.82) is 0 Å². The molecule has 0 N–H and O–H groups in total. The summed E-state index contributed by atoms with van der Waals surface area (Å²) < 4.78 is 0. The molecule has 1 atom stereocenters. The summed E-state index contributed by atoms with van der Waals surface area (Å²) in [5, 5.41) is 0. The Morgan fingerprint density at radius 2 is 0.346 bits per heavy atom. The number of hydrogen-bond acceptors (Lipinski definition) is 0. The Balaban J connectivity index is 3.94. The van der Waals surface area contributed by atoms with Gasteiger partial charge in [-0.2, -0.15) is 0 Å². The molecule has 314 valence electrons. The molecule has 0 saturated carbocycles. The van der Waals surface area contributed by atoms with Crippen molar-refractivity contribution in [1.82, 2.24) is 0 Å². The van der Waals surface area contributed by atoms with Crippen LogP contribution >= 0.6 is 0 Å². The Hall–Kier alpha value is 0. The van der Waals surface area contributed by atoms with Crippen LogP contribution in [0.25, 0.3) is 0 Å². The van der Waals surface area contributed by atoms with Crippen LogP contribution in [-0.4, -0.2) is 0 Å². The van der Waals surface area contributed by atoms with Crippen molar-refractivity contribution in [3.05, 3.63) is 0 Å². The highest BCUT2D eigenvalue weighted by Gasteiger charge is 2.09. The summed E-state index contributed by atoms with van der Waals surface area (Å²) in [6.07, 6.45) is 68.4. The minimum Gasteiger partial charge on any atom is -0.0654 e. The van der Waals surface area contributed by atoms with Crippen LogP contribution in [0.2, 0.25) is 0 Å². The smallest absolute Gasteiger partial charge is 0.0414 e. The van der Waals surface area contributed by atoms with E-state index in [2.05, 4.69) is 27.7 Å². The summed E-state index contributed by atoms with van der Waals surface area (Å²) in [6, 6.07) is 0. The van der Waals surface area contributed by atoms with Crippen LogP contribution in [0.15, 0.2) is 0 Å². The second-order valence-corrected chi connectivity index (χ2v) is 18.6. The molecule has 0 aromatic carbocycles. The summed E-state index contributed by atoms with van der Waals surface area (Å²) in [5.41, 5.74) is 0. The van der Waals surface area contributed by atoms with Crippen molar-refractivity contribution >= 4 is 0 Å². The lowest BCUT2D eigenvalue weighted by Gasteiger charge is -2.17. The molecule has 0 aromatic heterocycles. The van der Waals surface area contributed by atoms with E-state index in [1.807, 2.05) is 0 Å². The largest absolute Gasteiger partial charge is 0.0654 e. The molecule has 0 aliphatic rings. The minimum atomic E-state index is 0.892. The van der Waals surface area contributed by atoms with Gasteiger partial charge in [0.2, 0.25) is 0 Å². The lowest BCUT2D eigenvalue weighted by atomic mass is 9.89. The van der Waals surface area contributed by atoms with Crippen molar-refractivity contribution in [3.63, 3.8) is 0 Å². The Morgan fingerprint density at radius 3 is 0.519 bits per heavy atom. The van der Waals surface area contributed by atoms with E-state index in [4.69, 9.17) is 0 Å². The predicted molar refractivity (Wildman–Crippen MR) is 242 cm³/mol. The van der Waals surface area contributed by atoms with Gasteiger partial charge >= 0.3 is 0 Å². The highest BCUT2D eigenvalue weighted by molar-refractivity contribution is 4.63. The molecule has 0 aromatic rings. The molecule has 0 rings (SSSR count). The Labute approximate surface area is 333 Å². The van der Waals surface area contributed by atoms with Gasteiger partial charge in [-0.05, 0) is 11.8 Å². The van der Waals surface area contributed by atoms with Gasteiger partial charge in [0, 0.05) is 0 Å². The van der Waals surface area contributed by atoms with Gasteiger partial charge in [0.1, 0.15) is 0 Å². The van der Waals surface area contributed by atoms with Gasteiger partial charge in [0.25, 0.3) is 0 Å². The van der Waals surface area contributed by atoms with E-state index in [9.17, 15) is 0 Å². The number of rotatable bonds is 47. The highest BCUT2D eigenvalue weighted by atomic mass is 14.1. The quantitative estimate of drug-likeness (QED) is 0.0547. The van der Waals surface area contributed by atoms with Gasteiger partial charge in [-0.1, -0.05) is 323 Å². The maximum atomic E-state index is 2.36. The van der Waals surface area contributed by atoms with Crippen LogP contribution < -0.4 is 0 Å². The van der Waals surface area contributed by atoms with Crippen molar-refractivity contribution in [2.45, 2.75) is 323 Å². The molecule has 52 heavy (non-hydrogen) atoms. The van der Waals surface area contributed by atoms with Crippen LogP contribution in [0.4, 0.5) is 0 Å². The summed E-state index contributed by atoms with van der Waals surface area (Å²) in [5.74, 6) is 1.92. The first-order valence-electron chi connectivity index (χ1n) is 25.7. The van der Waals surface area contributed by atoms with E-state index in [1.54, 1.807) is 0 Å². The van der Waals surface area contributed by atoms with E-state index in [1.165, 1.54) is 295 Å². The molecule has 0 heteroatoms.